The molecule has 1 N–H and O–H groups in total. The van der Waals surface area contributed by atoms with Crippen molar-refractivity contribution in [1.82, 2.24) is 9.88 Å². The van der Waals surface area contributed by atoms with Crippen LogP contribution in [-0.2, 0) is 13.6 Å². The summed E-state index contributed by atoms with van der Waals surface area (Å²) in [5.74, 6) is 0.870. The van der Waals surface area contributed by atoms with Crippen LogP contribution in [0.3, 0.4) is 0 Å². The molecule has 2 aromatic rings. The van der Waals surface area contributed by atoms with Crippen LogP contribution in [0.1, 0.15) is 18.4 Å². The number of fused-ring (bicyclic) bond motifs is 1. The predicted molar refractivity (Wildman–Crippen MR) is 74.3 cm³/mol. The Labute approximate surface area is 112 Å². The van der Waals surface area contributed by atoms with E-state index in [4.69, 9.17) is 16.3 Å². The predicted octanol–water partition coefficient (Wildman–Crippen LogP) is 3.09. The molecule has 1 fully saturated rings. The summed E-state index contributed by atoms with van der Waals surface area (Å²) in [6.07, 6.45) is 4.72. The van der Waals surface area contributed by atoms with Crippen molar-refractivity contribution in [3.63, 3.8) is 0 Å². The second kappa shape index (κ2) is 4.48. The first-order chi connectivity index (χ1) is 8.70. The largest absolute Gasteiger partial charge is 0.495 e. The van der Waals surface area contributed by atoms with E-state index in [0.717, 1.165) is 28.2 Å². The average Bonchev–Trinajstić information content (AvgIpc) is 3.13. The lowest BCUT2D eigenvalue weighted by molar-refractivity contribution is 0.418. The second-order valence-corrected chi connectivity index (χ2v) is 5.30. The fourth-order valence-corrected chi connectivity index (χ4v) is 2.68. The minimum absolute atomic E-state index is 0.699. The molecule has 3 nitrogen and oxygen atoms in total. The van der Waals surface area contributed by atoms with Crippen molar-refractivity contribution in [2.45, 2.75) is 25.4 Å². The summed E-state index contributed by atoms with van der Waals surface area (Å²) in [5.41, 5.74) is 2.31. The molecule has 1 aromatic heterocycles. The zero-order valence-corrected chi connectivity index (χ0v) is 11.4. The number of hydrogen-bond acceptors (Lipinski definition) is 2. The molecular weight excluding hydrogens is 248 g/mol. The van der Waals surface area contributed by atoms with E-state index in [2.05, 4.69) is 16.1 Å². The SMILES string of the molecule is COc1ccc(Cl)c2c(CNC3CC3)cn(C)c12. The number of hydrogen-bond donors (Lipinski definition) is 1. The van der Waals surface area contributed by atoms with Crippen LogP contribution in [0.4, 0.5) is 0 Å². The Morgan fingerprint density at radius 2 is 2.22 bits per heavy atom. The topological polar surface area (TPSA) is 26.2 Å². The molecule has 0 radical (unpaired) electrons. The molecule has 18 heavy (non-hydrogen) atoms. The molecule has 0 unspecified atom stereocenters. The van der Waals surface area contributed by atoms with Gasteiger partial charge in [0.2, 0.25) is 0 Å². The van der Waals surface area contributed by atoms with Gasteiger partial charge in [0.05, 0.1) is 17.6 Å². The first-order valence-corrected chi connectivity index (χ1v) is 6.62. The Balaban J connectivity index is 2.07. The van der Waals surface area contributed by atoms with Gasteiger partial charge in [-0.1, -0.05) is 11.6 Å². The number of aryl methyl sites for hydroxylation is 1. The van der Waals surface area contributed by atoms with Crippen LogP contribution in [0, 0.1) is 0 Å². The van der Waals surface area contributed by atoms with E-state index in [1.807, 2.05) is 19.2 Å². The fourth-order valence-electron chi connectivity index (χ4n) is 2.41. The molecule has 1 aromatic carbocycles. The van der Waals surface area contributed by atoms with Gasteiger partial charge in [-0.2, -0.15) is 0 Å². The van der Waals surface area contributed by atoms with E-state index >= 15 is 0 Å². The van der Waals surface area contributed by atoms with Crippen molar-refractivity contribution < 1.29 is 4.74 Å². The number of halogens is 1. The Bertz CT molecular complexity index is 587. The third kappa shape index (κ3) is 1.98. The van der Waals surface area contributed by atoms with Gasteiger partial charge >= 0.3 is 0 Å². The Morgan fingerprint density at radius 1 is 1.44 bits per heavy atom. The van der Waals surface area contributed by atoms with Crippen LogP contribution in [0.25, 0.3) is 10.9 Å². The van der Waals surface area contributed by atoms with Crippen LogP contribution in [-0.4, -0.2) is 17.7 Å². The minimum Gasteiger partial charge on any atom is -0.495 e. The smallest absolute Gasteiger partial charge is 0.143 e. The van der Waals surface area contributed by atoms with Gasteiger partial charge in [0.25, 0.3) is 0 Å². The lowest BCUT2D eigenvalue weighted by atomic mass is 10.1. The molecule has 1 aliphatic carbocycles. The van der Waals surface area contributed by atoms with E-state index in [1.54, 1.807) is 7.11 Å². The standard InChI is InChI=1S/C14H17ClN2O/c1-17-8-9(7-16-10-3-4-10)13-11(15)5-6-12(18-2)14(13)17/h5-6,8,10,16H,3-4,7H2,1-2H3. The molecule has 0 bridgehead atoms. The highest BCUT2D eigenvalue weighted by atomic mass is 35.5. The van der Waals surface area contributed by atoms with E-state index in [-0.39, 0.29) is 0 Å². The molecule has 0 aliphatic heterocycles. The first-order valence-electron chi connectivity index (χ1n) is 6.24. The number of methoxy groups -OCH3 is 1. The molecule has 3 rings (SSSR count). The van der Waals surface area contributed by atoms with Gasteiger partial charge < -0.3 is 14.6 Å². The molecule has 0 amide bonds. The summed E-state index contributed by atoms with van der Waals surface area (Å²) in [4.78, 5) is 0. The maximum absolute atomic E-state index is 6.34. The van der Waals surface area contributed by atoms with E-state index in [1.165, 1.54) is 18.4 Å². The van der Waals surface area contributed by atoms with Crippen LogP contribution in [0.15, 0.2) is 18.3 Å². The fraction of sp³-hybridized carbons (Fsp3) is 0.429. The third-order valence-electron chi connectivity index (χ3n) is 3.49. The Hall–Kier alpha value is -1.19. The van der Waals surface area contributed by atoms with Crippen LogP contribution in [0.2, 0.25) is 5.02 Å². The van der Waals surface area contributed by atoms with E-state index < -0.39 is 0 Å². The molecule has 0 saturated heterocycles. The van der Waals surface area contributed by atoms with Gasteiger partial charge in [-0.05, 0) is 30.5 Å². The Kier molecular flexibility index (Phi) is 2.96. The molecule has 96 valence electrons. The number of nitrogens with zero attached hydrogens (tertiary/aromatic N) is 1. The van der Waals surface area contributed by atoms with Crippen LogP contribution in [0.5, 0.6) is 5.75 Å². The van der Waals surface area contributed by atoms with Crippen molar-refractivity contribution >= 4 is 22.5 Å². The lowest BCUT2D eigenvalue weighted by Crippen LogP contribution is -2.14. The molecular formula is C14H17ClN2O. The molecule has 0 atom stereocenters. The average molecular weight is 265 g/mol. The molecule has 0 spiro atoms. The van der Waals surface area contributed by atoms with Gasteiger partial charge in [0.15, 0.2) is 0 Å². The summed E-state index contributed by atoms with van der Waals surface area (Å²) in [5, 5.41) is 5.42. The van der Waals surface area contributed by atoms with Gasteiger partial charge in [-0.3, -0.25) is 0 Å². The highest BCUT2D eigenvalue weighted by molar-refractivity contribution is 6.36. The zero-order valence-electron chi connectivity index (χ0n) is 10.7. The van der Waals surface area contributed by atoms with Crippen molar-refractivity contribution in [2.75, 3.05) is 7.11 Å². The number of benzene rings is 1. The highest BCUT2D eigenvalue weighted by Crippen LogP contribution is 2.35. The lowest BCUT2D eigenvalue weighted by Gasteiger charge is -2.06. The molecule has 1 aliphatic rings. The van der Waals surface area contributed by atoms with Crippen molar-refractivity contribution in [3.8, 4) is 5.75 Å². The van der Waals surface area contributed by atoms with E-state index in [9.17, 15) is 0 Å². The molecule has 1 saturated carbocycles. The van der Waals surface area contributed by atoms with Crippen LogP contribution >= 0.6 is 11.6 Å². The first kappa shape index (κ1) is 11.9. The number of nitrogens with one attached hydrogen (secondary N) is 1. The van der Waals surface area contributed by atoms with Crippen molar-refractivity contribution in [2.24, 2.45) is 7.05 Å². The van der Waals surface area contributed by atoms with E-state index in [0.29, 0.717) is 6.04 Å². The summed E-state index contributed by atoms with van der Waals surface area (Å²) in [6.45, 7) is 0.870. The van der Waals surface area contributed by atoms with Crippen LogP contribution < -0.4 is 10.1 Å². The summed E-state index contributed by atoms with van der Waals surface area (Å²) in [7, 11) is 3.72. The molecule has 4 heteroatoms. The quantitative estimate of drug-likeness (QED) is 0.918. The van der Waals surface area contributed by atoms with Crippen molar-refractivity contribution in [3.05, 3.63) is 28.9 Å². The monoisotopic (exact) mass is 264 g/mol. The Morgan fingerprint density at radius 3 is 2.89 bits per heavy atom. The van der Waals surface area contributed by atoms with Gasteiger partial charge in [-0.15, -0.1) is 0 Å². The number of ether oxygens (including phenoxy) is 1. The molecule has 1 heterocycles. The third-order valence-corrected chi connectivity index (χ3v) is 3.81. The number of rotatable bonds is 4. The second-order valence-electron chi connectivity index (χ2n) is 4.89. The summed E-state index contributed by atoms with van der Waals surface area (Å²) >= 11 is 6.34. The van der Waals surface area contributed by atoms with Gasteiger partial charge in [0.1, 0.15) is 5.75 Å². The maximum Gasteiger partial charge on any atom is 0.143 e. The van der Waals surface area contributed by atoms with Gasteiger partial charge in [-0.25, -0.2) is 0 Å². The zero-order chi connectivity index (χ0) is 12.7. The van der Waals surface area contributed by atoms with Crippen molar-refractivity contribution in [1.29, 1.82) is 0 Å². The number of aromatic nitrogens is 1. The minimum atomic E-state index is 0.699. The summed E-state index contributed by atoms with van der Waals surface area (Å²) in [6, 6.07) is 4.52. The normalized spacial score (nSPS) is 15.3. The summed E-state index contributed by atoms with van der Waals surface area (Å²) < 4.78 is 7.50. The maximum atomic E-state index is 6.34. The van der Waals surface area contributed by atoms with Gasteiger partial charge in [0, 0.05) is 31.2 Å². The highest BCUT2D eigenvalue weighted by Gasteiger charge is 2.21.